The molecule has 3 rings (SSSR count). The lowest BCUT2D eigenvalue weighted by atomic mass is 9.77. The van der Waals surface area contributed by atoms with Crippen LogP contribution in [-0.2, 0) is 26.8 Å². The number of halogens is 1. The van der Waals surface area contributed by atoms with Crippen LogP contribution < -0.4 is 0 Å². The van der Waals surface area contributed by atoms with Gasteiger partial charge in [-0.2, -0.15) is 0 Å². The second-order valence-corrected chi connectivity index (χ2v) is 7.34. The molecular weight excluding hydrogens is 314 g/mol. The normalized spacial score (nSPS) is 17.3. The smallest absolute Gasteiger partial charge is 0.296 e. The summed E-state index contributed by atoms with van der Waals surface area (Å²) in [5.74, 6) is 0.669. The summed E-state index contributed by atoms with van der Waals surface area (Å²) in [5, 5.41) is 7.58. The fraction of sp³-hybridized carbons (Fsp3) is 0.385. The molecule has 1 aromatic heterocycles. The maximum Gasteiger partial charge on any atom is 0.296 e. The first-order chi connectivity index (χ1) is 10.0. The van der Waals surface area contributed by atoms with E-state index in [0.717, 1.165) is 12.0 Å². The van der Waals surface area contributed by atoms with Crippen molar-refractivity contribution >= 4 is 19.7 Å². The molecule has 112 valence electrons. The fourth-order valence-electron chi connectivity index (χ4n) is 2.62. The molecule has 1 aromatic carbocycles. The fourth-order valence-corrected chi connectivity index (χ4v) is 3.55. The van der Waals surface area contributed by atoms with E-state index in [4.69, 9.17) is 15.4 Å². The van der Waals surface area contributed by atoms with Gasteiger partial charge in [0.15, 0.2) is 0 Å². The number of ether oxygens (including phenoxy) is 1. The Morgan fingerprint density at radius 3 is 2.81 bits per heavy atom. The van der Waals surface area contributed by atoms with Crippen molar-refractivity contribution in [3.05, 3.63) is 41.2 Å². The summed E-state index contributed by atoms with van der Waals surface area (Å²) in [6, 6.07) is 8.02. The number of rotatable bonds is 5. The number of fused-ring (bicyclic) bond motifs is 1. The van der Waals surface area contributed by atoms with Gasteiger partial charge in [-0.3, -0.25) is 4.57 Å². The highest BCUT2D eigenvalue weighted by atomic mass is 35.7. The van der Waals surface area contributed by atoms with Crippen molar-refractivity contribution in [1.82, 2.24) is 14.8 Å². The SMILES string of the molecule is COCCn1c(C2Cc3ccccc32)nnc1S(=O)(=O)Cl. The molecule has 1 unspecified atom stereocenters. The van der Waals surface area contributed by atoms with Gasteiger partial charge < -0.3 is 4.74 Å². The van der Waals surface area contributed by atoms with Gasteiger partial charge in [0.25, 0.3) is 14.2 Å². The van der Waals surface area contributed by atoms with Crippen LogP contribution in [0.5, 0.6) is 0 Å². The second kappa shape index (κ2) is 5.40. The Labute approximate surface area is 127 Å². The molecule has 0 saturated heterocycles. The molecule has 0 aliphatic heterocycles. The minimum absolute atomic E-state index is 0.0534. The molecule has 1 heterocycles. The third-order valence-corrected chi connectivity index (χ3v) is 4.80. The first-order valence-corrected chi connectivity index (χ1v) is 8.78. The van der Waals surface area contributed by atoms with E-state index in [9.17, 15) is 8.42 Å². The molecular formula is C13H14ClN3O3S. The average molecular weight is 328 g/mol. The van der Waals surface area contributed by atoms with Gasteiger partial charge in [0.1, 0.15) is 5.82 Å². The van der Waals surface area contributed by atoms with Crippen molar-refractivity contribution in [2.45, 2.75) is 24.0 Å². The Morgan fingerprint density at radius 1 is 1.38 bits per heavy atom. The van der Waals surface area contributed by atoms with Gasteiger partial charge in [-0.15, -0.1) is 10.2 Å². The zero-order chi connectivity index (χ0) is 15.0. The lowest BCUT2D eigenvalue weighted by Gasteiger charge is -2.29. The summed E-state index contributed by atoms with van der Waals surface area (Å²) in [6.45, 7) is 0.706. The van der Waals surface area contributed by atoms with E-state index >= 15 is 0 Å². The third-order valence-electron chi connectivity index (χ3n) is 3.65. The van der Waals surface area contributed by atoms with Gasteiger partial charge >= 0.3 is 0 Å². The molecule has 1 atom stereocenters. The molecule has 0 amide bonds. The minimum Gasteiger partial charge on any atom is -0.383 e. The molecule has 0 spiro atoms. The number of hydrogen-bond acceptors (Lipinski definition) is 5. The van der Waals surface area contributed by atoms with Crippen LogP contribution in [0.3, 0.4) is 0 Å². The van der Waals surface area contributed by atoms with E-state index < -0.39 is 9.05 Å². The lowest BCUT2D eigenvalue weighted by Crippen LogP contribution is -2.23. The molecule has 0 saturated carbocycles. The summed E-state index contributed by atoms with van der Waals surface area (Å²) in [7, 11) is 3.05. The molecule has 1 aliphatic rings. The molecule has 6 nitrogen and oxygen atoms in total. The van der Waals surface area contributed by atoms with Gasteiger partial charge in [0.05, 0.1) is 6.61 Å². The first-order valence-electron chi connectivity index (χ1n) is 6.47. The van der Waals surface area contributed by atoms with E-state index in [0.29, 0.717) is 19.0 Å². The lowest BCUT2D eigenvalue weighted by molar-refractivity contribution is 0.183. The maximum absolute atomic E-state index is 11.6. The van der Waals surface area contributed by atoms with E-state index in [2.05, 4.69) is 16.3 Å². The van der Waals surface area contributed by atoms with Crippen LogP contribution in [0.15, 0.2) is 29.4 Å². The van der Waals surface area contributed by atoms with Gasteiger partial charge in [-0.25, -0.2) is 8.42 Å². The second-order valence-electron chi connectivity index (χ2n) is 4.88. The van der Waals surface area contributed by atoms with Crippen LogP contribution in [0, 0.1) is 0 Å². The van der Waals surface area contributed by atoms with E-state index in [-0.39, 0.29) is 11.1 Å². The predicted octanol–water partition coefficient (Wildman–Crippen LogP) is 1.54. The minimum atomic E-state index is -3.93. The molecule has 0 radical (unpaired) electrons. The highest BCUT2D eigenvalue weighted by molar-refractivity contribution is 8.13. The van der Waals surface area contributed by atoms with Crippen LogP contribution in [0.2, 0.25) is 0 Å². The Bertz CT molecular complexity index is 773. The maximum atomic E-state index is 11.6. The van der Waals surface area contributed by atoms with E-state index in [1.807, 2.05) is 18.2 Å². The summed E-state index contributed by atoms with van der Waals surface area (Å²) in [4.78, 5) is 0. The summed E-state index contributed by atoms with van der Waals surface area (Å²) < 4.78 is 29.8. The van der Waals surface area contributed by atoms with Crippen LogP contribution in [-0.4, -0.2) is 36.9 Å². The topological polar surface area (TPSA) is 74.1 Å². The van der Waals surface area contributed by atoms with Crippen molar-refractivity contribution in [2.75, 3.05) is 13.7 Å². The zero-order valence-corrected chi connectivity index (χ0v) is 12.9. The van der Waals surface area contributed by atoms with Crippen LogP contribution in [0.4, 0.5) is 0 Å². The number of benzene rings is 1. The Hall–Kier alpha value is -1.44. The molecule has 1 aliphatic carbocycles. The highest BCUT2D eigenvalue weighted by Crippen LogP contribution is 2.39. The molecule has 0 fully saturated rings. The molecule has 0 N–H and O–H groups in total. The van der Waals surface area contributed by atoms with Crippen LogP contribution >= 0.6 is 10.7 Å². The quantitative estimate of drug-likeness (QED) is 0.779. The average Bonchev–Trinajstić information content (AvgIpc) is 2.81. The van der Waals surface area contributed by atoms with Crippen molar-refractivity contribution in [3.63, 3.8) is 0 Å². The van der Waals surface area contributed by atoms with Crippen molar-refractivity contribution in [2.24, 2.45) is 0 Å². The number of aromatic nitrogens is 3. The summed E-state index contributed by atoms with van der Waals surface area (Å²) >= 11 is 0. The third kappa shape index (κ3) is 2.56. The molecule has 0 bridgehead atoms. The zero-order valence-electron chi connectivity index (χ0n) is 11.4. The Kier molecular flexibility index (Phi) is 3.73. The van der Waals surface area contributed by atoms with Crippen LogP contribution in [0.1, 0.15) is 22.9 Å². The Morgan fingerprint density at radius 2 is 2.14 bits per heavy atom. The van der Waals surface area contributed by atoms with Gasteiger partial charge in [0.2, 0.25) is 0 Å². The molecule has 21 heavy (non-hydrogen) atoms. The van der Waals surface area contributed by atoms with Crippen molar-refractivity contribution < 1.29 is 13.2 Å². The molecule has 8 heteroatoms. The van der Waals surface area contributed by atoms with Crippen molar-refractivity contribution in [3.8, 4) is 0 Å². The van der Waals surface area contributed by atoms with Gasteiger partial charge in [0, 0.05) is 30.3 Å². The van der Waals surface area contributed by atoms with Crippen molar-refractivity contribution in [1.29, 1.82) is 0 Å². The molecule has 2 aromatic rings. The largest absolute Gasteiger partial charge is 0.383 e. The van der Waals surface area contributed by atoms with Gasteiger partial charge in [-0.05, 0) is 17.5 Å². The first kappa shape index (κ1) is 14.5. The highest BCUT2D eigenvalue weighted by Gasteiger charge is 2.34. The summed E-state index contributed by atoms with van der Waals surface area (Å²) in [5.41, 5.74) is 2.40. The van der Waals surface area contributed by atoms with E-state index in [1.54, 1.807) is 7.11 Å². The van der Waals surface area contributed by atoms with E-state index in [1.165, 1.54) is 10.1 Å². The number of methoxy groups -OCH3 is 1. The summed E-state index contributed by atoms with van der Waals surface area (Å²) in [6.07, 6.45) is 0.823. The van der Waals surface area contributed by atoms with Crippen LogP contribution in [0.25, 0.3) is 0 Å². The van der Waals surface area contributed by atoms with Gasteiger partial charge in [-0.1, -0.05) is 24.3 Å². The predicted molar refractivity (Wildman–Crippen MR) is 76.9 cm³/mol. The number of hydrogen-bond donors (Lipinski definition) is 0. The monoisotopic (exact) mass is 327 g/mol. The number of nitrogens with zero attached hydrogens (tertiary/aromatic N) is 3. The standard InChI is InChI=1S/C13H14ClN3O3S/c1-20-7-6-17-12(15-16-13(17)21(14,18)19)11-8-9-4-2-3-5-10(9)11/h2-5,11H,6-8H2,1H3. The Balaban J connectivity index is 2.02.